The zero-order chi connectivity index (χ0) is 17.4. The van der Waals surface area contributed by atoms with E-state index in [4.69, 9.17) is 17.3 Å². The summed E-state index contributed by atoms with van der Waals surface area (Å²) < 4.78 is 1.52. The number of nitrogens with one attached hydrogen (secondary N) is 1. The van der Waals surface area contributed by atoms with Crippen LogP contribution in [0.15, 0.2) is 23.1 Å². The van der Waals surface area contributed by atoms with E-state index in [1.807, 2.05) is 13.0 Å². The molecule has 0 aliphatic heterocycles. The summed E-state index contributed by atoms with van der Waals surface area (Å²) in [6.45, 7) is 3.67. The summed E-state index contributed by atoms with van der Waals surface area (Å²) in [5.74, 6) is 3.77. The van der Waals surface area contributed by atoms with Crippen LogP contribution in [0, 0.1) is 30.5 Å². The largest absolute Gasteiger partial charge is 0.472 e. The molecule has 0 unspecified atom stereocenters. The lowest BCUT2D eigenvalue weighted by molar-refractivity contribution is -0.130. The number of hydrogen-bond acceptors (Lipinski definition) is 5. The van der Waals surface area contributed by atoms with Gasteiger partial charge in [-0.1, -0.05) is 5.92 Å². The third-order valence-electron chi connectivity index (χ3n) is 3.35. The molecule has 0 aromatic carbocycles. The molecule has 0 spiro atoms. The number of carboxylic acids is 1. The van der Waals surface area contributed by atoms with Gasteiger partial charge in [0.1, 0.15) is 10.6 Å². The highest BCUT2D eigenvalue weighted by Gasteiger charge is 2.16. The van der Waals surface area contributed by atoms with Gasteiger partial charge in [-0.2, -0.15) is 0 Å². The number of aromatic nitrogens is 3. The van der Waals surface area contributed by atoms with Crippen molar-refractivity contribution in [3.05, 3.63) is 49.5 Å². The Labute approximate surface area is 145 Å². The number of carboxylic acid groups (broad SMARTS) is 1. The Kier molecular flexibility index (Phi) is 4.05. The number of pyridine rings is 1. The van der Waals surface area contributed by atoms with E-state index in [1.165, 1.54) is 15.9 Å². The van der Waals surface area contributed by atoms with Crippen LogP contribution < -0.4 is 5.56 Å². The van der Waals surface area contributed by atoms with Gasteiger partial charge >= 0.3 is 5.97 Å². The number of rotatable bonds is 1. The second kappa shape index (κ2) is 6.03. The highest BCUT2D eigenvalue weighted by Crippen LogP contribution is 2.26. The van der Waals surface area contributed by atoms with Gasteiger partial charge in [-0.15, -0.1) is 11.3 Å². The van der Waals surface area contributed by atoms with Crippen molar-refractivity contribution >= 4 is 39.7 Å². The molecule has 8 heteroatoms. The molecule has 0 saturated carbocycles. The molecule has 6 nitrogen and oxygen atoms in total. The minimum atomic E-state index is -1.25. The SMILES string of the molecule is Cc1ccnc(-n2c(=S)[nH]c3sc(C)c(C#CC(=O)O)c3c2=O)c1. The molecule has 0 fully saturated rings. The van der Waals surface area contributed by atoms with E-state index >= 15 is 0 Å². The minimum Gasteiger partial charge on any atom is -0.472 e. The Morgan fingerprint density at radius 3 is 2.88 bits per heavy atom. The predicted octanol–water partition coefficient (Wildman–Crippen LogP) is 2.56. The van der Waals surface area contributed by atoms with Crippen LogP contribution in [0.25, 0.3) is 16.0 Å². The zero-order valence-electron chi connectivity index (χ0n) is 12.7. The summed E-state index contributed by atoms with van der Waals surface area (Å²) in [5, 5.41) is 9.09. The number of fused-ring (bicyclic) bond motifs is 1. The summed E-state index contributed by atoms with van der Waals surface area (Å²) in [5.41, 5.74) is 0.967. The second-order valence-corrected chi connectivity index (χ2v) is 6.67. The number of carbonyl (C=O) groups is 1. The van der Waals surface area contributed by atoms with E-state index in [0.29, 0.717) is 21.6 Å². The molecule has 0 saturated heterocycles. The number of hydrogen-bond donors (Lipinski definition) is 2. The molecule has 2 N–H and O–H groups in total. The quantitative estimate of drug-likeness (QED) is 0.516. The molecular weight excluding hydrogens is 346 g/mol. The van der Waals surface area contributed by atoms with Gasteiger partial charge in [0.25, 0.3) is 5.56 Å². The smallest absolute Gasteiger partial charge is 0.382 e. The maximum atomic E-state index is 13.0. The lowest BCUT2D eigenvalue weighted by atomic mass is 10.2. The van der Waals surface area contributed by atoms with Crippen molar-refractivity contribution in [2.45, 2.75) is 13.8 Å². The van der Waals surface area contributed by atoms with Gasteiger partial charge in [0.2, 0.25) is 0 Å². The Bertz CT molecular complexity index is 1160. The summed E-state index contributed by atoms with van der Waals surface area (Å²) in [7, 11) is 0. The third-order valence-corrected chi connectivity index (χ3v) is 4.65. The van der Waals surface area contributed by atoms with Crippen molar-refractivity contribution < 1.29 is 9.90 Å². The van der Waals surface area contributed by atoms with Crippen molar-refractivity contribution in [2.24, 2.45) is 0 Å². The van der Waals surface area contributed by atoms with Crippen molar-refractivity contribution in [3.63, 3.8) is 0 Å². The molecule has 3 rings (SSSR count). The molecule has 0 aliphatic carbocycles. The van der Waals surface area contributed by atoms with E-state index < -0.39 is 5.97 Å². The molecule has 0 radical (unpaired) electrons. The summed E-state index contributed by atoms with van der Waals surface area (Å²) >= 11 is 6.61. The van der Waals surface area contributed by atoms with Gasteiger partial charge in [-0.05, 0) is 43.8 Å². The molecule has 0 amide bonds. The zero-order valence-corrected chi connectivity index (χ0v) is 14.3. The van der Waals surface area contributed by atoms with Crippen LogP contribution in [-0.2, 0) is 4.79 Å². The van der Waals surface area contributed by atoms with Gasteiger partial charge in [0.15, 0.2) is 4.77 Å². The van der Waals surface area contributed by atoms with Gasteiger partial charge in [0, 0.05) is 17.0 Å². The van der Waals surface area contributed by atoms with Crippen LogP contribution >= 0.6 is 23.6 Å². The average Bonchev–Trinajstić information content (AvgIpc) is 2.80. The molecular formula is C16H11N3O3S2. The van der Waals surface area contributed by atoms with Gasteiger partial charge < -0.3 is 10.1 Å². The average molecular weight is 357 g/mol. The van der Waals surface area contributed by atoms with Crippen molar-refractivity contribution in [2.75, 3.05) is 0 Å². The summed E-state index contributed by atoms with van der Waals surface area (Å²) in [6.07, 6.45) is 1.60. The highest BCUT2D eigenvalue weighted by atomic mass is 32.1. The van der Waals surface area contributed by atoms with Crippen LogP contribution in [0.3, 0.4) is 0 Å². The number of aryl methyl sites for hydroxylation is 2. The lowest BCUT2D eigenvalue weighted by Gasteiger charge is -2.06. The van der Waals surface area contributed by atoms with Crippen LogP contribution in [0.1, 0.15) is 16.0 Å². The van der Waals surface area contributed by atoms with Crippen molar-refractivity contribution in [3.8, 4) is 17.7 Å². The van der Waals surface area contributed by atoms with Crippen LogP contribution in [0.5, 0.6) is 0 Å². The van der Waals surface area contributed by atoms with Gasteiger partial charge in [-0.3, -0.25) is 4.79 Å². The monoisotopic (exact) mass is 357 g/mol. The Hall–Kier alpha value is -2.76. The minimum absolute atomic E-state index is 0.226. The molecule has 0 atom stereocenters. The molecule has 0 aliphatic rings. The van der Waals surface area contributed by atoms with Crippen LogP contribution in [0.4, 0.5) is 0 Å². The van der Waals surface area contributed by atoms with E-state index in [-0.39, 0.29) is 10.3 Å². The highest BCUT2D eigenvalue weighted by molar-refractivity contribution is 7.71. The van der Waals surface area contributed by atoms with E-state index in [9.17, 15) is 9.59 Å². The lowest BCUT2D eigenvalue weighted by Crippen LogP contribution is -2.21. The fraction of sp³-hybridized carbons (Fsp3) is 0.125. The standard InChI is InChI=1S/C16H11N3O3S2/c1-8-5-6-17-11(7-8)19-15(22)13-10(3-4-12(20)21)9(2)24-14(13)18-16(19)23/h5-7H,1-2H3,(H,18,23)(H,20,21). The molecule has 3 aromatic rings. The number of aliphatic carboxylic acids is 1. The fourth-order valence-electron chi connectivity index (χ4n) is 2.31. The molecule has 3 heterocycles. The summed E-state index contributed by atoms with van der Waals surface area (Å²) in [6, 6.07) is 3.57. The Morgan fingerprint density at radius 2 is 2.21 bits per heavy atom. The van der Waals surface area contributed by atoms with Crippen molar-refractivity contribution in [1.82, 2.24) is 14.5 Å². The predicted molar refractivity (Wildman–Crippen MR) is 94.4 cm³/mol. The first-order valence-electron chi connectivity index (χ1n) is 6.85. The molecule has 0 bridgehead atoms. The number of nitrogens with zero attached hydrogens (tertiary/aromatic N) is 2. The molecule has 3 aromatic heterocycles. The second-order valence-electron chi connectivity index (χ2n) is 5.05. The van der Waals surface area contributed by atoms with E-state index in [0.717, 1.165) is 10.4 Å². The topological polar surface area (TPSA) is 88.0 Å². The van der Waals surface area contributed by atoms with Crippen molar-refractivity contribution in [1.29, 1.82) is 0 Å². The normalized spacial score (nSPS) is 10.4. The van der Waals surface area contributed by atoms with Gasteiger partial charge in [-0.25, -0.2) is 14.3 Å². The van der Waals surface area contributed by atoms with E-state index in [1.54, 1.807) is 19.2 Å². The van der Waals surface area contributed by atoms with Crippen LogP contribution in [-0.4, -0.2) is 25.6 Å². The molecule has 24 heavy (non-hydrogen) atoms. The fourth-order valence-corrected chi connectivity index (χ4v) is 3.65. The Morgan fingerprint density at radius 1 is 1.46 bits per heavy atom. The van der Waals surface area contributed by atoms with Gasteiger partial charge in [0.05, 0.1) is 10.9 Å². The first kappa shape index (κ1) is 16.1. The maximum absolute atomic E-state index is 13.0. The first-order valence-corrected chi connectivity index (χ1v) is 8.07. The number of H-pyrrole nitrogens is 1. The summed E-state index contributed by atoms with van der Waals surface area (Å²) in [4.78, 5) is 32.2. The van der Waals surface area contributed by atoms with Crippen LogP contribution in [0.2, 0.25) is 0 Å². The first-order chi connectivity index (χ1) is 11.4. The maximum Gasteiger partial charge on any atom is 0.382 e. The number of thiophene rings is 1. The molecule has 120 valence electrons. The Balaban J connectivity index is 2.40. The van der Waals surface area contributed by atoms with E-state index in [2.05, 4.69) is 21.8 Å². The number of aromatic amines is 1. The third kappa shape index (κ3) is 2.75.